The lowest BCUT2D eigenvalue weighted by Gasteiger charge is -2.41. The SMILES string of the molecule is CCCCCN1C[C@H]2CC[C@@H](C1)N2C(=O)CC. The second-order valence-electron chi connectivity index (χ2n) is 5.51. The quantitative estimate of drug-likeness (QED) is 0.686. The summed E-state index contributed by atoms with van der Waals surface area (Å²) < 4.78 is 0. The van der Waals surface area contributed by atoms with Gasteiger partial charge in [0.05, 0.1) is 0 Å². The molecule has 0 aromatic carbocycles. The van der Waals surface area contributed by atoms with Gasteiger partial charge in [-0.05, 0) is 25.8 Å². The molecule has 0 spiro atoms. The van der Waals surface area contributed by atoms with Crippen molar-refractivity contribution in [3.8, 4) is 0 Å². The molecule has 2 aliphatic rings. The van der Waals surface area contributed by atoms with Gasteiger partial charge >= 0.3 is 0 Å². The molecular weight excluding hydrogens is 212 g/mol. The minimum atomic E-state index is 0.366. The summed E-state index contributed by atoms with van der Waals surface area (Å²) in [5.41, 5.74) is 0. The Morgan fingerprint density at radius 2 is 1.76 bits per heavy atom. The molecule has 1 amide bonds. The molecule has 17 heavy (non-hydrogen) atoms. The molecule has 3 nitrogen and oxygen atoms in total. The van der Waals surface area contributed by atoms with Gasteiger partial charge in [-0.3, -0.25) is 9.69 Å². The molecule has 2 saturated heterocycles. The van der Waals surface area contributed by atoms with Crippen molar-refractivity contribution in [2.24, 2.45) is 0 Å². The van der Waals surface area contributed by atoms with E-state index in [1.165, 1.54) is 38.6 Å². The number of rotatable bonds is 5. The van der Waals surface area contributed by atoms with E-state index >= 15 is 0 Å². The number of hydrogen-bond donors (Lipinski definition) is 0. The summed E-state index contributed by atoms with van der Waals surface area (Å²) in [7, 11) is 0. The summed E-state index contributed by atoms with van der Waals surface area (Å²) in [5, 5.41) is 0. The first-order valence-electron chi connectivity index (χ1n) is 7.29. The van der Waals surface area contributed by atoms with E-state index < -0.39 is 0 Å². The van der Waals surface area contributed by atoms with Crippen LogP contribution in [0, 0.1) is 0 Å². The largest absolute Gasteiger partial charge is 0.334 e. The third-order valence-electron chi connectivity index (χ3n) is 4.23. The molecule has 2 atom stereocenters. The van der Waals surface area contributed by atoms with E-state index in [1.807, 2.05) is 6.92 Å². The van der Waals surface area contributed by atoms with Crippen LogP contribution >= 0.6 is 0 Å². The van der Waals surface area contributed by atoms with Crippen LogP contribution in [-0.4, -0.2) is 47.4 Å². The molecule has 3 heteroatoms. The third kappa shape index (κ3) is 2.82. The van der Waals surface area contributed by atoms with Crippen LogP contribution in [0.15, 0.2) is 0 Å². The van der Waals surface area contributed by atoms with E-state index in [4.69, 9.17) is 0 Å². The molecule has 2 rings (SSSR count). The fourth-order valence-corrected chi connectivity index (χ4v) is 3.35. The van der Waals surface area contributed by atoms with Crippen LogP contribution in [0.5, 0.6) is 0 Å². The Bertz CT molecular complexity index is 253. The van der Waals surface area contributed by atoms with Crippen molar-refractivity contribution in [3.63, 3.8) is 0 Å². The lowest BCUT2D eigenvalue weighted by atomic mass is 10.1. The van der Waals surface area contributed by atoms with Gasteiger partial charge in [-0.25, -0.2) is 0 Å². The number of likely N-dealkylation sites (tertiary alicyclic amines) is 1. The molecule has 0 aromatic rings. The Labute approximate surface area is 105 Å². The van der Waals surface area contributed by atoms with Crippen LogP contribution in [0.2, 0.25) is 0 Å². The summed E-state index contributed by atoms with van der Waals surface area (Å²) in [5.74, 6) is 0.366. The highest BCUT2D eigenvalue weighted by molar-refractivity contribution is 5.77. The van der Waals surface area contributed by atoms with Gasteiger partial charge in [-0.1, -0.05) is 26.7 Å². The molecule has 0 aromatic heterocycles. The van der Waals surface area contributed by atoms with Crippen molar-refractivity contribution in [1.82, 2.24) is 9.80 Å². The van der Waals surface area contributed by atoms with E-state index in [0.29, 0.717) is 24.4 Å². The normalized spacial score (nSPS) is 28.7. The van der Waals surface area contributed by atoms with Crippen molar-refractivity contribution in [2.45, 2.75) is 64.5 Å². The lowest BCUT2D eigenvalue weighted by Crippen LogP contribution is -2.55. The van der Waals surface area contributed by atoms with Crippen LogP contribution < -0.4 is 0 Å². The number of amides is 1. The highest BCUT2D eigenvalue weighted by atomic mass is 16.2. The molecule has 2 fully saturated rings. The maximum absolute atomic E-state index is 11.9. The monoisotopic (exact) mass is 238 g/mol. The third-order valence-corrected chi connectivity index (χ3v) is 4.23. The van der Waals surface area contributed by atoms with Crippen molar-refractivity contribution < 1.29 is 4.79 Å². The molecule has 2 bridgehead atoms. The van der Waals surface area contributed by atoms with Crippen LogP contribution in [0.25, 0.3) is 0 Å². The molecule has 0 aliphatic carbocycles. The van der Waals surface area contributed by atoms with Crippen LogP contribution in [0.3, 0.4) is 0 Å². The average Bonchev–Trinajstić information content (AvgIpc) is 2.60. The van der Waals surface area contributed by atoms with Gasteiger partial charge in [0, 0.05) is 31.6 Å². The van der Waals surface area contributed by atoms with Gasteiger partial charge < -0.3 is 4.90 Å². The fourth-order valence-electron chi connectivity index (χ4n) is 3.35. The maximum atomic E-state index is 11.9. The summed E-state index contributed by atoms with van der Waals surface area (Å²) in [6.45, 7) is 7.70. The lowest BCUT2D eigenvalue weighted by molar-refractivity contribution is -0.136. The Morgan fingerprint density at radius 3 is 2.29 bits per heavy atom. The number of carbonyl (C=O) groups is 1. The van der Waals surface area contributed by atoms with E-state index in [1.54, 1.807) is 0 Å². The smallest absolute Gasteiger partial charge is 0.222 e. The summed E-state index contributed by atoms with van der Waals surface area (Å²) in [6.07, 6.45) is 7.06. The average molecular weight is 238 g/mol. The minimum absolute atomic E-state index is 0.366. The van der Waals surface area contributed by atoms with E-state index in [0.717, 1.165) is 13.1 Å². The van der Waals surface area contributed by atoms with Gasteiger partial charge in [0.25, 0.3) is 0 Å². The van der Waals surface area contributed by atoms with Crippen LogP contribution in [-0.2, 0) is 4.79 Å². The fraction of sp³-hybridized carbons (Fsp3) is 0.929. The summed E-state index contributed by atoms with van der Waals surface area (Å²) >= 11 is 0. The second kappa shape index (κ2) is 5.85. The highest BCUT2D eigenvalue weighted by Gasteiger charge is 2.41. The van der Waals surface area contributed by atoms with Crippen molar-refractivity contribution in [1.29, 1.82) is 0 Å². The highest BCUT2D eigenvalue weighted by Crippen LogP contribution is 2.30. The number of hydrogen-bond acceptors (Lipinski definition) is 2. The minimum Gasteiger partial charge on any atom is -0.334 e. The Balaban J connectivity index is 1.86. The maximum Gasteiger partial charge on any atom is 0.222 e. The molecule has 0 N–H and O–H groups in total. The predicted molar refractivity (Wildman–Crippen MR) is 69.9 cm³/mol. The molecular formula is C14H26N2O. The molecule has 98 valence electrons. The first-order chi connectivity index (χ1) is 8.26. The number of nitrogens with zero attached hydrogens (tertiary/aromatic N) is 2. The van der Waals surface area contributed by atoms with Crippen molar-refractivity contribution >= 4 is 5.91 Å². The first-order valence-corrected chi connectivity index (χ1v) is 7.29. The Kier molecular flexibility index (Phi) is 4.43. The molecule has 2 aliphatic heterocycles. The zero-order valence-corrected chi connectivity index (χ0v) is 11.3. The molecule has 0 radical (unpaired) electrons. The van der Waals surface area contributed by atoms with Gasteiger partial charge in [0.2, 0.25) is 5.91 Å². The second-order valence-corrected chi connectivity index (χ2v) is 5.51. The number of unbranched alkanes of at least 4 members (excludes halogenated alkanes) is 2. The Hall–Kier alpha value is -0.570. The molecule has 0 unspecified atom stereocenters. The topological polar surface area (TPSA) is 23.6 Å². The Morgan fingerprint density at radius 1 is 1.12 bits per heavy atom. The van der Waals surface area contributed by atoms with E-state index in [-0.39, 0.29) is 0 Å². The number of piperazine rings is 1. The van der Waals surface area contributed by atoms with E-state index in [2.05, 4.69) is 16.7 Å². The zero-order chi connectivity index (χ0) is 12.3. The summed E-state index contributed by atoms with van der Waals surface area (Å²) in [6, 6.07) is 1.03. The predicted octanol–water partition coefficient (Wildman–Crippen LogP) is 2.26. The van der Waals surface area contributed by atoms with Gasteiger partial charge in [-0.2, -0.15) is 0 Å². The van der Waals surface area contributed by atoms with Gasteiger partial charge in [0.1, 0.15) is 0 Å². The van der Waals surface area contributed by atoms with Crippen molar-refractivity contribution in [2.75, 3.05) is 19.6 Å². The van der Waals surface area contributed by atoms with E-state index in [9.17, 15) is 4.79 Å². The van der Waals surface area contributed by atoms with Gasteiger partial charge in [0.15, 0.2) is 0 Å². The molecule has 2 heterocycles. The summed E-state index contributed by atoms with van der Waals surface area (Å²) in [4.78, 5) is 16.7. The van der Waals surface area contributed by atoms with Crippen LogP contribution in [0.4, 0.5) is 0 Å². The van der Waals surface area contributed by atoms with Crippen molar-refractivity contribution in [3.05, 3.63) is 0 Å². The zero-order valence-electron chi connectivity index (χ0n) is 11.3. The van der Waals surface area contributed by atoms with Gasteiger partial charge in [-0.15, -0.1) is 0 Å². The molecule has 0 saturated carbocycles. The van der Waals surface area contributed by atoms with Crippen LogP contribution in [0.1, 0.15) is 52.4 Å². The number of carbonyl (C=O) groups excluding carboxylic acids is 1. The standard InChI is InChI=1S/C14H26N2O/c1-3-5-6-9-15-10-12-7-8-13(11-15)16(12)14(17)4-2/h12-13H,3-11H2,1-2H3/t12-,13+. The number of fused-ring (bicyclic) bond motifs is 2. The first kappa shape index (κ1) is 12.9.